The summed E-state index contributed by atoms with van der Waals surface area (Å²) in [5.41, 5.74) is 2.53. The van der Waals surface area contributed by atoms with Crippen molar-refractivity contribution in [3.05, 3.63) is 42.5 Å². The van der Waals surface area contributed by atoms with Gasteiger partial charge in [0, 0.05) is 17.6 Å². The number of imidazole rings is 1. The number of H-pyrrole nitrogens is 1. The van der Waals surface area contributed by atoms with E-state index in [4.69, 9.17) is 0 Å². The fourth-order valence-electron chi connectivity index (χ4n) is 4.30. The first kappa shape index (κ1) is 13.7. The zero-order valence-electron chi connectivity index (χ0n) is 13.2. The minimum atomic E-state index is 0.130. The fourth-order valence-corrected chi connectivity index (χ4v) is 4.30. The lowest BCUT2D eigenvalue weighted by atomic mass is 9.96. The van der Waals surface area contributed by atoms with Crippen molar-refractivity contribution in [2.45, 2.75) is 43.8 Å². The Hall–Kier alpha value is -2.70. The Labute approximate surface area is 138 Å². The maximum atomic E-state index is 13.1. The topological polar surface area (TPSA) is 79.7 Å². The first-order chi connectivity index (χ1) is 11.8. The molecule has 122 valence electrons. The summed E-state index contributed by atoms with van der Waals surface area (Å²) in [7, 11) is 0. The molecule has 2 aromatic heterocycles. The molecule has 2 fully saturated rings. The minimum absolute atomic E-state index is 0.130. The van der Waals surface area contributed by atoms with Gasteiger partial charge in [0.1, 0.15) is 0 Å². The lowest BCUT2D eigenvalue weighted by Gasteiger charge is -2.38. The van der Waals surface area contributed by atoms with Gasteiger partial charge >= 0.3 is 0 Å². The lowest BCUT2D eigenvalue weighted by molar-refractivity contribution is 0.0512. The van der Waals surface area contributed by atoms with Gasteiger partial charge in [0.15, 0.2) is 0 Å². The Balaban J connectivity index is 1.42. The van der Waals surface area contributed by atoms with Gasteiger partial charge < -0.3 is 9.88 Å². The number of carbonyl (C=O) groups excluding carboxylic acids is 1. The van der Waals surface area contributed by atoms with E-state index in [1.165, 1.54) is 0 Å². The molecule has 2 bridgehead atoms. The molecule has 2 unspecified atom stereocenters. The van der Waals surface area contributed by atoms with Crippen LogP contribution in [0, 0.1) is 0 Å². The molecular weight excluding hydrogens is 304 g/mol. The molecule has 0 spiro atoms. The SMILES string of the molecule is O=C(c1ccc2nc[nH]c2c1)N1C2CCC1CC(n1nccn1)C2. The van der Waals surface area contributed by atoms with Crippen LogP contribution in [-0.4, -0.2) is 47.9 Å². The normalized spacial score (nSPS) is 26.2. The van der Waals surface area contributed by atoms with Crippen molar-refractivity contribution in [1.29, 1.82) is 0 Å². The summed E-state index contributed by atoms with van der Waals surface area (Å²) in [5, 5.41) is 8.57. The van der Waals surface area contributed by atoms with Crippen molar-refractivity contribution >= 4 is 16.9 Å². The molecule has 7 heteroatoms. The van der Waals surface area contributed by atoms with Gasteiger partial charge in [0.05, 0.1) is 35.8 Å². The van der Waals surface area contributed by atoms with Gasteiger partial charge in [0.2, 0.25) is 0 Å². The highest BCUT2D eigenvalue weighted by Crippen LogP contribution is 2.41. The number of nitrogens with one attached hydrogen (secondary N) is 1. The molecular formula is C17H18N6O. The summed E-state index contributed by atoms with van der Waals surface area (Å²) < 4.78 is 0. The third kappa shape index (κ3) is 2.04. The van der Waals surface area contributed by atoms with Crippen LogP contribution in [0.25, 0.3) is 11.0 Å². The monoisotopic (exact) mass is 322 g/mol. The summed E-state index contributed by atoms with van der Waals surface area (Å²) in [6, 6.07) is 6.56. The molecule has 1 N–H and O–H groups in total. The molecule has 2 aliphatic rings. The van der Waals surface area contributed by atoms with E-state index in [1.807, 2.05) is 23.0 Å². The second-order valence-electron chi connectivity index (χ2n) is 6.71. The summed E-state index contributed by atoms with van der Waals surface area (Å²) >= 11 is 0. The van der Waals surface area contributed by atoms with Gasteiger partial charge in [-0.25, -0.2) is 4.98 Å². The molecule has 7 nitrogen and oxygen atoms in total. The van der Waals surface area contributed by atoms with Crippen molar-refractivity contribution < 1.29 is 4.79 Å². The van der Waals surface area contributed by atoms with Crippen LogP contribution in [-0.2, 0) is 0 Å². The number of carbonyl (C=O) groups is 1. The van der Waals surface area contributed by atoms with E-state index in [0.717, 1.165) is 42.3 Å². The smallest absolute Gasteiger partial charge is 0.254 e. The van der Waals surface area contributed by atoms with Gasteiger partial charge in [-0.05, 0) is 43.9 Å². The number of benzene rings is 1. The van der Waals surface area contributed by atoms with Crippen molar-refractivity contribution in [3.63, 3.8) is 0 Å². The average Bonchev–Trinajstić information content (AvgIpc) is 3.33. The van der Waals surface area contributed by atoms with E-state index >= 15 is 0 Å². The number of hydrogen-bond acceptors (Lipinski definition) is 4. The molecule has 3 aromatic rings. The average molecular weight is 322 g/mol. The molecule has 2 atom stereocenters. The Morgan fingerprint density at radius 3 is 2.58 bits per heavy atom. The van der Waals surface area contributed by atoms with Crippen molar-refractivity contribution in [2.75, 3.05) is 0 Å². The van der Waals surface area contributed by atoms with Gasteiger partial charge in [-0.2, -0.15) is 15.0 Å². The van der Waals surface area contributed by atoms with Crippen molar-refractivity contribution in [1.82, 2.24) is 29.9 Å². The Kier molecular flexibility index (Phi) is 2.95. The largest absolute Gasteiger partial charge is 0.345 e. The summed E-state index contributed by atoms with van der Waals surface area (Å²) in [5.74, 6) is 0.130. The number of amides is 1. The van der Waals surface area contributed by atoms with Crippen LogP contribution in [0.1, 0.15) is 42.1 Å². The van der Waals surface area contributed by atoms with Crippen LogP contribution < -0.4 is 0 Å². The van der Waals surface area contributed by atoms with Crippen LogP contribution in [0.3, 0.4) is 0 Å². The maximum Gasteiger partial charge on any atom is 0.254 e. The van der Waals surface area contributed by atoms with Crippen LogP contribution in [0.4, 0.5) is 0 Å². The van der Waals surface area contributed by atoms with Crippen LogP contribution in [0.15, 0.2) is 36.9 Å². The second-order valence-corrected chi connectivity index (χ2v) is 6.71. The zero-order valence-corrected chi connectivity index (χ0v) is 13.2. The fraction of sp³-hybridized carbons (Fsp3) is 0.412. The van der Waals surface area contributed by atoms with Gasteiger partial charge in [-0.1, -0.05) is 0 Å². The van der Waals surface area contributed by atoms with Gasteiger partial charge in [0.25, 0.3) is 5.91 Å². The maximum absolute atomic E-state index is 13.1. The number of hydrogen-bond donors (Lipinski definition) is 1. The quantitative estimate of drug-likeness (QED) is 0.784. The lowest BCUT2D eigenvalue weighted by Crippen LogP contribution is -2.47. The molecule has 0 saturated carbocycles. The van der Waals surface area contributed by atoms with E-state index < -0.39 is 0 Å². The summed E-state index contributed by atoms with van der Waals surface area (Å²) in [6.07, 6.45) is 9.11. The van der Waals surface area contributed by atoms with Gasteiger partial charge in [-0.3, -0.25) is 4.79 Å². The van der Waals surface area contributed by atoms with Gasteiger partial charge in [-0.15, -0.1) is 0 Å². The molecule has 1 amide bonds. The predicted octanol–water partition coefficient (Wildman–Crippen LogP) is 2.16. The van der Waals surface area contributed by atoms with E-state index in [0.29, 0.717) is 6.04 Å². The highest BCUT2D eigenvalue weighted by atomic mass is 16.2. The number of fused-ring (bicyclic) bond motifs is 3. The molecule has 24 heavy (non-hydrogen) atoms. The molecule has 2 saturated heterocycles. The van der Waals surface area contributed by atoms with Crippen LogP contribution in [0.5, 0.6) is 0 Å². The third-order valence-electron chi connectivity index (χ3n) is 5.37. The first-order valence-electron chi connectivity index (χ1n) is 8.41. The predicted molar refractivity (Wildman–Crippen MR) is 87.4 cm³/mol. The van der Waals surface area contributed by atoms with E-state index in [9.17, 15) is 4.79 Å². The Bertz CT molecular complexity index is 872. The van der Waals surface area contributed by atoms with Crippen molar-refractivity contribution in [3.8, 4) is 0 Å². The van der Waals surface area contributed by atoms with Crippen LogP contribution >= 0.6 is 0 Å². The summed E-state index contributed by atoms with van der Waals surface area (Å²) in [6.45, 7) is 0. The number of aromatic amines is 1. The summed E-state index contributed by atoms with van der Waals surface area (Å²) in [4.78, 5) is 24.3. The number of piperidine rings is 1. The third-order valence-corrected chi connectivity index (χ3v) is 5.37. The minimum Gasteiger partial charge on any atom is -0.345 e. The Morgan fingerprint density at radius 2 is 1.83 bits per heavy atom. The first-order valence-corrected chi connectivity index (χ1v) is 8.41. The zero-order chi connectivity index (χ0) is 16.1. The molecule has 4 heterocycles. The molecule has 0 aliphatic carbocycles. The van der Waals surface area contributed by atoms with Crippen molar-refractivity contribution in [2.24, 2.45) is 0 Å². The van der Waals surface area contributed by atoms with Crippen LogP contribution in [0.2, 0.25) is 0 Å². The number of aromatic nitrogens is 5. The highest BCUT2D eigenvalue weighted by Gasteiger charge is 2.44. The highest BCUT2D eigenvalue weighted by molar-refractivity contribution is 5.97. The second kappa shape index (κ2) is 5.15. The van der Waals surface area contributed by atoms with E-state index in [1.54, 1.807) is 18.7 Å². The molecule has 2 aliphatic heterocycles. The standard InChI is InChI=1S/C17H18N6O/c24-17(11-1-4-15-16(7-11)19-10-18-15)22-12-2-3-13(22)9-14(8-12)23-20-5-6-21-23/h1,4-7,10,12-14H,2-3,8-9H2,(H,18,19). The molecule has 0 radical (unpaired) electrons. The molecule has 1 aromatic carbocycles. The Morgan fingerprint density at radius 1 is 1.08 bits per heavy atom. The number of nitrogens with zero attached hydrogens (tertiary/aromatic N) is 5. The van der Waals surface area contributed by atoms with E-state index in [2.05, 4.69) is 25.1 Å². The van der Waals surface area contributed by atoms with E-state index in [-0.39, 0.29) is 18.0 Å². The molecule has 5 rings (SSSR count). The number of rotatable bonds is 2.